The van der Waals surface area contributed by atoms with E-state index in [4.69, 9.17) is 5.73 Å². The molecule has 1 saturated carbocycles. The summed E-state index contributed by atoms with van der Waals surface area (Å²) < 4.78 is 0.338. The molecule has 1 aliphatic rings. The molecule has 0 aliphatic heterocycles. The molecule has 2 atom stereocenters. The minimum Gasteiger partial charge on any atom is -0.324 e. The van der Waals surface area contributed by atoms with Gasteiger partial charge < -0.3 is 5.73 Å². The van der Waals surface area contributed by atoms with Crippen molar-refractivity contribution in [2.45, 2.75) is 42.1 Å². The van der Waals surface area contributed by atoms with Gasteiger partial charge in [0.15, 0.2) is 0 Å². The smallest absolute Gasteiger partial charge is 0.0370 e. The average Bonchev–Trinajstić information content (AvgIpc) is 1.81. The summed E-state index contributed by atoms with van der Waals surface area (Å²) in [5.41, 5.74) is 6.12. The summed E-state index contributed by atoms with van der Waals surface area (Å²) in [5, 5.41) is 0. The van der Waals surface area contributed by atoms with Crippen molar-refractivity contribution in [3.63, 3.8) is 0 Å². The first kappa shape index (κ1) is 7.79. The molecule has 0 aromatic carbocycles. The third-order valence-electron chi connectivity index (χ3n) is 2.53. The molecular formula is C7H14IN. The molecule has 1 aliphatic carbocycles. The quantitative estimate of drug-likeness (QED) is 0.508. The second-order valence-electron chi connectivity index (χ2n) is 3.47. The van der Waals surface area contributed by atoms with Crippen molar-refractivity contribution in [3.05, 3.63) is 0 Å². The van der Waals surface area contributed by atoms with Gasteiger partial charge in [-0.25, -0.2) is 0 Å². The largest absolute Gasteiger partial charge is 0.324 e. The number of rotatable bonds is 0. The van der Waals surface area contributed by atoms with Crippen molar-refractivity contribution in [1.82, 2.24) is 0 Å². The summed E-state index contributed by atoms with van der Waals surface area (Å²) in [6.07, 6.45) is 3.76. The molecule has 9 heavy (non-hydrogen) atoms. The van der Waals surface area contributed by atoms with Crippen LogP contribution in [0.2, 0.25) is 0 Å². The Hall–Kier alpha value is 0.690. The van der Waals surface area contributed by atoms with E-state index in [0.717, 1.165) is 0 Å². The van der Waals surface area contributed by atoms with Crippen LogP contribution in [0.25, 0.3) is 0 Å². The summed E-state index contributed by atoms with van der Waals surface area (Å²) in [4.78, 5) is 0. The highest BCUT2D eigenvalue weighted by molar-refractivity contribution is 14.1. The lowest BCUT2D eigenvalue weighted by molar-refractivity contribution is 0.426. The fraction of sp³-hybridized carbons (Fsp3) is 1.00. The Kier molecular flexibility index (Phi) is 1.81. The Morgan fingerprint density at radius 3 is 2.00 bits per heavy atom. The number of nitrogens with two attached hydrogens (primary N) is 1. The summed E-state index contributed by atoms with van der Waals surface area (Å²) in [5.74, 6) is 0. The average molecular weight is 239 g/mol. The van der Waals surface area contributed by atoms with Crippen LogP contribution in [-0.2, 0) is 0 Å². The molecule has 0 aromatic heterocycles. The molecule has 0 bridgehead atoms. The molecule has 0 radical (unpaired) electrons. The second kappa shape index (κ2) is 2.09. The van der Waals surface area contributed by atoms with Crippen LogP contribution < -0.4 is 5.73 Å². The molecule has 1 nitrogen and oxygen atoms in total. The van der Waals surface area contributed by atoms with E-state index in [-0.39, 0.29) is 5.54 Å². The standard InChI is InChI=1S/C7H14IN/c1-6(8)4-3-5-7(6,2)9/h3-5,9H2,1-2H3. The normalized spacial score (nSPS) is 52.0. The van der Waals surface area contributed by atoms with Crippen molar-refractivity contribution < 1.29 is 0 Å². The predicted molar refractivity (Wildman–Crippen MR) is 48.9 cm³/mol. The monoisotopic (exact) mass is 239 g/mol. The van der Waals surface area contributed by atoms with Gasteiger partial charge in [-0.3, -0.25) is 0 Å². The molecule has 0 aromatic rings. The van der Waals surface area contributed by atoms with E-state index in [1.54, 1.807) is 0 Å². The van der Waals surface area contributed by atoms with E-state index in [2.05, 4.69) is 36.4 Å². The van der Waals surface area contributed by atoms with E-state index >= 15 is 0 Å². The predicted octanol–water partition coefficient (Wildman–Crippen LogP) is 2.08. The maximum absolute atomic E-state index is 6.05. The lowest BCUT2D eigenvalue weighted by Gasteiger charge is -2.32. The van der Waals surface area contributed by atoms with Gasteiger partial charge in [0, 0.05) is 8.96 Å². The van der Waals surface area contributed by atoms with Gasteiger partial charge in [0.25, 0.3) is 0 Å². The highest BCUT2D eigenvalue weighted by Crippen LogP contribution is 2.43. The van der Waals surface area contributed by atoms with Gasteiger partial charge in [-0.2, -0.15) is 0 Å². The van der Waals surface area contributed by atoms with Crippen LogP contribution in [-0.4, -0.2) is 8.96 Å². The fourth-order valence-electron chi connectivity index (χ4n) is 1.33. The molecule has 2 heteroatoms. The molecule has 0 amide bonds. The Balaban J connectivity index is 2.75. The summed E-state index contributed by atoms with van der Waals surface area (Å²) in [6, 6.07) is 0. The first-order valence-electron chi connectivity index (χ1n) is 3.43. The number of hydrogen-bond donors (Lipinski definition) is 1. The van der Waals surface area contributed by atoms with Gasteiger partial charge >= 0.3 is 0 Å². The van der Waals surface area contributed by atoms with Crippen molar-refractivity contribution in [2.75, 3.05) is 0 Å². The van der Waals surface area contributed by atoms with Crippen LogP contribution in [0, 0.1) is 0 Å². The molecule has 2 unspecified atom stereocenters. The highest BCUT2D eigenvalue weighted by atomic mass is 127. The Labute approximate surface area is 70.5 Å². The molecule has 0 saturated heterocycles. The van der Waals surface area contributed by atoms with Crippen LogP contribution >= 0.6 is 22.6 Å². The van der Waals surface area contributed by atoms with Gasteiger partial charge in [-0.05, 0) is 26.7 Å². The van der Waals surface area contributed by atoms with Gasteiger partial charge in [0.2, 0.25) is 0 Å². The van der Waals surface area contributed by atoms with Crippen LogP contribution in [0.3, 0.4) is 0 Å². The first-order chi connectivity index (χ1) is 3.96. The molecule has 1 rings (SSSR count). The maximum atomic E-state index is 6.05. The zero-order valence-electron chi connectivity index (χ0n) is 6.08. The van der Waals surface area contributed by atoms with Gasteiger partial charge in [-0.15, -0.1) is 0 Å². The lowest BCUT2D eigenvalue weighted by Crippen LogP contribution is -2.48. The van der Waals surface area contributed by atoms with Crippen LogP contribution in [0.5, 0.6) is 0 Å². The minimum atomic E-state index is 0.0769. The van der Waals surface area contributed by atoms with Crippen molar-refractivity contribution in [2.24, 2.45) is 5.73 Å². The van der Waals surface area contributed by atoms with Gasteiger partial charge in [0.05, 0.1) is 0 Å². The van der Waals surface area contributed by atoms with Crippen LogP contribution in [0.1, 0.15) is 33.1 Å². The minimum absolute atomic E-state index is 0.0769. The SMILES string of the molecule is CC1(N)CCCC1(C)I. The topological polar surface area (TPSA) is 26.0 Å². The lowest BCUT2D eigenvalue weighted by atomic mass is 9.92. The molecular weight excluding hydrogens is 225 g/mol. The van der Waals surface area contributed by atoms with Crippen LogP contribution in [0.15, 0.2) is 0 Å². The van der Waals surface area contributed by atoms with Crippen molar-refractivity contribution in [3.8, 4) is 0 Å². The number of halogens is 1. The van der Waals surface area contributed by atoms with E-state index in [9.17, 15) is 0 Å². The summed E-state index contributed by atoms with van der Waals surface area (Å²) in [7, 11) is 0. The molecule has 54 valence electrons. The second-order valence-corrected chi connectivity index (χ2v) is 5.85. The fourth-order valence-corrected chi connectivity index (χ4v) is 1.98. The maximum Gasteiger partial charge on any atom is 0.0370 e. The van der Waals surface area contributed by atoms with Crippen molar-refractivity contribution in [1.29, 1.82) is 0 Å². The molecule has 1 fully saturated rings. The Bertz CT molecular complexity index is 104. The number of alkyl halides is 1. The van der Waals surface area contributed by atoms with Gasteiger partial charge in [0.1, 0.15) is 0 Å². The number of hydrogen-bond acceptors (Lipinski definition) is 1. The third kappa shape index (κ3) is 1.24. The van der Waals surface area contributed by atoms with Crippen molar-refractivity contribution >= 4 is 22.6 Å². The van der Waals surface area contributed by atoms with Gasteiger partial charge in [-0.1, -0.05) is 29.0 Å². The summed E-state index contributed by atoms with van der Waals surface area (Å²) in [6.45, 7) is 4.41. The summed E-state index contributed by atoms with van der Waals surface area (Å²) >= 11 is 2.48. The highest BCUT2D eigenvalue weighted by Gasteiger charge is 2.43. The van der Waals surface area contributed by atoms with Crippen LogP contribution in [0.4, 0.5) is 0 Å². The zero-order valence-corrected chi connectivity index (χ0v) is 8.23. The molecule has 0 spiro atoms. The van der Waals surface area contributed by atoms with E-state index < -0.39 is 0 Å². The Morgan fingerprint density at radius 2 is 1.89 bits per heavy atom. The van der Waals surface area contributed by atoms with E-state index in [1.807, 2.05) is 0 Å². The first-order valence-corrected chi connectivity index (χ1v) is 4.51. The van der Waals surface area contributed by atoms with E-state index in [1.165, 1.54) is 19.3 Å². The third-order valence-corrected chi connectivity index (χ3v) is 4.30. The molecule has 2 N–H and O–H groups in total. The van der Waals surface area contributed by atoms with E-state index in [0.29, 0.717) is 3.42 Å². The molecule has 0 heterocycles. The zero-order chi connectivity index (χ0) is 7.12. The Morgan fingerprint density at radius 1 is 1.33 bits per heavy atom.